The molecule has 0 unspecified atom stereocenters. The summed E-state index contributed by atoms with van der Waals surface area (Å²) < 4.78 is 5.39. The molecule has 25 heavy (non-hydrogen) atoms. The first-order chi connectivity index (χ1) is 12.3. The van der Waals surface area contributed by atoms with E-state index in [4.69, 9.17) is 4.52 Å². The average molecular weight is 341 g/mol. The molecule has 1 saturated heterocycles. The molecule has 0 radical (unpaired) electrons. The molecular formula is C19H27N5O. The monoisotopic (exact) mass is 341 g/mol. The van der Waals surface area contributed by atoms with Crippen LogP contribution >= 0.6 is 0 Å². The number of hydrogen-bond donors (Lipinski definition) is 0. The van der Waals surface area contributed by atoms with Crippen molar-refractivity contribution < 1.29 is 4.52 Å². The van der Waals surface area contributed by atoms with Crippen LogP contribution in [0.15, 0.2) is 28.9 Å². The summed E-state index contributed by atoms with van der Waals surface area (Å²) in [5, 5.41) is 4.17. The van der Waals surface area contributed by atoms with Crippen molar-refractivity contribution in [1.29, 1.82) is 0 Å². The maximum Gasteiger partial charge on any atom is 0.229 e. The number of hydrogen-bond acceptors (Lipinski definition) is 6. The number of aromatic nitrogens is 3. The Labute approximate surface area is 149 Å². The lowest BCUT2D eigenvalue weighted by Gasteiger charge is -2.37. The van der Waals surface area contributed by atoms with Gasteiger partial charge in [-0.3, -0.25) is 9.88 Å². The minimum absolute atomic E-state index is 0.535. The fourth-order valence-corrected chi connectivity index (χ4v) is 3.58. The van der Waals surface area contributed by atoms with Gasteiger partial charge in [0.1, 0.15) is 0 Å². The molecule has 1 saturated carbocycles. The highest BCUT2D eigenvalue weighted by Gasteiger charge is 2.30. The van der Waals surface area contributed by atoms with Gasteiger partial charge < -0.3 is 9.42 Å². The van der Waals surface area contributed by atoms with Gasteiger partial charge in [0.05, 0.1) is 6.54 Å². The molecule has 0 N–H and O–H groups in total. The second kappa shape index (κ2) is 7.62. The zero-order valence-electron chi connectivity index (χ0n) is 15.0. The second-order valence-electron chi connectivity index (χ2n) is 7.41. The molecule has 1 aliphatic carbocycles. The Morgan fingerprint density at radius 1 is 1.28 bits per heavy atom. The molecular weight excluding hydrogens is 314 g/mol. The Hall–Kier alpha value is -1.79. The van der Waals surface area contributed by atoms with Gasteiger partial charge in [0.15, 0.2) is 5.82 Å². The Morgan fingerprint density at radius 2 is 2.20 bits per heavy atom. The molecule has 0 spiro atoms. The molecule has 2 aliphatic rings. The molecule has 6 nitrogen and oxygen atoms in total. The molecule has 134 valence electrons. The molecule has 3 heterocycles. The van der Waals surface area contributed by atoms with Crippen LogP contribution in [0.1, 0.15) is 49.0 Å². The van der Waals surface area contributed by atoms with Crippen LogP contribution in [-0.4, -0.2) is 57.6 Å². The third kappa shape index (κ3) is 4.44. The number of nitrogens with zero attached hydrogens (tertiary/aromatic N) is 5. The quantitative estimate of drug-likeness (QED) is 0.771. The van der Waals surface area contributed by atoms with E-state index in [1.54, 1.807) is 0 Å². The van der Waals surface area contributed by atoms with Gasteiger partial charge in [-0.1, -0.05) is 11.2 Å². The number of likely N-dealkylation sites (N-methyl/N-ethyl adjacent to an activating group) is 1. The first-order valence-corrected chi connectivity index (χ1v) is 9.43. The Kier molecular flexibility index (Phi) is 5.08. The van der Waals surface area contributed by atoms with Crippen molar-refractivity contribution in [3.63, 3.8) is 0 Å². The molecule has 0 aromatic carbocycles. The summed E-state index contributed by atoms with van der Waals surface area (Å²) in [6.07, 6.45) is 7.77. The molecule has 1 atom stereocenters. The van der Waals surface area contributed by atoms with Crippen LogP contribution in [0, 0.1) is 0 Å². The molecule has 2 aromatic rings. The maximum absolute atomic E-state index is 5.39. The summed E-state index contributed by atoms with van der Waals surface area (Å²) >= 11 is 0. The van der Waals surface area contributed by atoms with Gasteiger partial charge in [-0.25, -0.2) is 0 Å². The highest BCUT2D eigenvalue weighted by atomic mass is 16.5. The summed E-state index contributed by atoms with van der Waals surface area (Å²) in [5.41, 5.74) is 1.17. The average Bonchev–Trinajstić information content (AvgIpc) is 3.40. The molecule has 1 aliphatic heterocycles. The van der Waals surface area contributed by atoms with Crippen molar-refractivity contribution in [3.05, 3.63) is 41.8 Å². The largest absolute Gasteiger partial charge is 0.339 e. The normalized spacial score (nSPS) is 21.8. The van der Waals surface area contributed by atoms with Gasteiger partial charge in [0, 0.05) is 43.4 Å². The van der Waals surface area contributed by atoms with Gasteiger partial charge in [0.25, 0.3) is 0 Å². The van der Waals surface area contributed by atoms with E-state index >= 15 is 0 Å². The predicted octanol–water partition coefficient (Wildman–Crippen LogP) is 2.48. The lowest BCUT2D eigenvalue weighted by Crippen LogP contribution is -2.46. The first-order valence-electron chi connectivity index (χ1n) is 9.43. The van der Waals surface area contributed by atoms with Crippen molar-refractivity contribution >= 4 is 0 Å². The van der Waals surface area contributed by atoms with Crippen molar-refractivity contribution in [2.75, 3.05) is 26.7 Å². The van der Waals surface area contributed by atoms with Crippen molar-refractivity contribution in [2.24, 2.45) is 0 Å². The van der Waals surface area contributed by atoms with E-state index in [2.05, 4.69) is 44.1 Å². The SMILES string of the molecule is CN(CCc1ccccn1)[C@@H]1CCCN(Cc2noc(C3CC3)n2)C1. The van der Waals surface area contributed by atoms with Gasteiger partial charge in [-0.2, -0.15) is 4.98 Å². The van der Waals surface area contributed by atoms with Crippen LogP contribution in [-0.2, 0) is 13.0 Å². The molecule has 0 bridgehead atoms. The third-order valence-electron chi connectivity index (χ3n) is 5.33. The van der Waals surface area contributed by atoms with Crippen LogP contribution in [0.2, 0.25) is 0 Å². The lowest BCUT2D eigenvalue weighted by atomic mass is 10.0. The van der Waals surface area contributed by atoms with Crippen LogP contribution < -0.4 is 0 Å². The standard InChI is InChI=1S/C19H27N5O/c1-23(12-9-16-5-2-3-10-20-16)17-6-4-11-24(13-17)14-18-21-19(25-22-18)15-7-8-15/h2-3,5,10,15,17H,4,6-9,11-14H2,1H3/t17-/m1/s1. The molecule has 4 rings (SSSR count). The van der Waals surface area contributed by atoms with Gasteiger partial charge in [-0.05, 0) is 51.4 Å². The van der Waals surface area contributed by atoms with E-state index in [1.807, 2.05) is 12.3 Å². The van der Waals surface area contributed by atoms with Gasteiger partial charge in [-0.15, -0.1) is 0 Å². The van der Waals surface area contributed by atoms with E-state index in [1.165, 1.54) is 31.4 Å². The van der Waals surface area contributed by atoms with Crippen molar-refractivity contribution in [1.82, 2.24) is 24.9 Å². The number of piperidine rings is 1. The Morgan fingerprint density at radius 3 is 3.00 bits per heavy atom. The number of pyridine rings is 1. The first kappa shape index (κ1) is 16.7. The summed E-state index contributed by atoms with van der Waals surface area (Å²) in [5.74, 6) is 2.22. The van der Waals surface area contributed by atoms with Crippen LogP contribution in [0.3, 0.4) is 0 Å². The van der Waals surface area contributed by atoms with Gasteiger partial charge in [0.2, 0.25) is 5.89 Å². The number of rotatable bonds is 7. The van der Waals surface area contributed by atoms with E-state index in [9.17, 15) is 0 Å². The fourth-order valence-electron chi connectivity index (χ4n) is 3.58. The van der Waals surface area contributed by atoms with E-state index in [0.29, 0.717) is 12.0 Å². The molecule has 6 heteroatoms. The minimum atomic E-state index is 0.535. The highest BCUT2D eigenvalue weighted by molar-refractivity contribution is 5.04. The Bertz CT molecular complexity index is 669. The van der Waals surface area contributed by atoms with Crippen molar-refractivity contribution in [2.45, 2.75) is 50.6 Å². The number of likely N-dealkylation sites (tertiary alicyclic amines) is 1. The van der Waals surface area contributed by atoms with Crippen LogP contribution in [0.5, 0.6) is 0 Å². The minimum Gasteiger partial charge on any atom is -0.339 e. The van der Waals surface area contributed by atoms with Crippen LogP contribution in [0.4, 0.5) is 0 Å². The van der Waals surface area contributed by atoms with Crippen LogP contribution in [0.25, 0.3) is 0 Å². The van der Waals surface area contributed by atoms with E-state index < -0.39 is 0 Å². The second-order valence-corrected chi connectivity index (χ2v) is 7.41. The highest BCUT2D eigenvalue weighted by Crippen LogP contribution is 2.38. The zero-order chi connectivity index (χ0) is 17.1. The lowest BCUT2D eigenvalue weighted by molar-refractivity contribution is 0.109. The van der Waals surface area contributed by atoms with E-state index in [-0.39, 0.29) is 0 Å². The Balaban J connectivity index is 1.27. The smallest absolute Gasteiger partial charge is 0.229 e. The van der Waals surface area contributed by atoms with Gasteiger partial charge >= 0.3 is 0 Å². The summed E-state index contributed by atoms with van der Waals surface area (Å²) in [6.45, 7) is 4.05. The topological polar surface area (TPSA) is 58.3 Å². The fraction of sp³-hybridized carbons (Fsp3) is 0.632. The zero-order valence-corrected chi connectivity index (χ0v) is 15.0. The van der Waals surface area contributed by atoms with Crippen molar-refractivity contribution in [3.8, 4) is 0 Å². The third-order valence-corrected chi connectivity index (χ3v) is 5.33. The molecule has 2 aromatic heterocycles. The maximum atomic E-state index is 5.39. The van der Waals surface area contributed by atoms with E-state index in [0.717, 1.165) is 44.3 Å². The molecule has 0 amide bonds. The predicted molar refractivity (Wildman–Crippen MR) is 95.1 cm³/mol. The summed E-state index contributed by atoms with van der Waals surface area (Å²) in [6, 6.07) is 6.73. The summed E-state index contributed by atoms with van der Waals surface area (Å²) in [4.78, 5) is 13.9. The molecule has 2 fully saturated rings. The summed E-state index contributed by atoms with van der Waals surface area (Å²) in [7, 11) is 2.23.